The zero-order chi connectivity index (χ0) is 13.9. The first-order valence-electron chi connectivity index (χ1n) is 6.45. The summed E-state index contributed by atoms with van der Waals surface area (Å²) in [5, 5.41) is 0. The van der Waals surface area contributed by atoms with E-state index in [0.717, 1.165) is 28.2 Å². The van der Waals surface area contributed by atoms with Gasteiger partial charge in [-0.05, 0) is 18.2 Å². The first-order valence-corrected chi connectivity index (χ1v) is 6.99. The number of fused-ring (bicyclic) bond motifs is 1. The van der Waals surface area contributed by atoms with Gasteiger partial charge in [0.05, 0.1) is 30.6 Å². The van der Waals surface area contributed by atoms with Crippen molar-refractivity contribution in [2.45, 2.75) is 12.4 Å². The van der Waals surface area contributed by atoms with Gasteiger partial charge in [0.25, 0.3) is 0 Å². The van der Waals surface area contributed by atoms with Crippen molar-refractivity contribution < 1.29 is 4.74 Å². The zero-order valence-corrected chi connectivity index (χ0v) is 12.0. The summed E-state index contributed by atoms with van der Waals surface area (Å²) in [7, 11) is 1.69. The molecule has 0 fully saturated rings. The van der Waals surface area contributed by atoms with Gasteiger partial charge in [0.1, 0.15) is 11.6 Å². The molecular formula is C16H15ClN2O. The van der Waals surface area contributed by atoms with E-state index in [1.165, 1.54) is 0 Å². The average Bonchev–Trinajstić information content (AvgIpc) is 2.86. The molecule has 2 aromatic carbocycles. The third-order valence-electron chi connectivity index (χ3n) is 3.37. The lowest BCUT2D eigenvalue weighted by Gasteiger charge is -2.11. The highest BCUT2D eigenvalue weighted by Crippen LogP contribution is 2.23. The molecule has 3 rings (SSSR count). The smallest absolute Gasteiger partial charge is 0.125 e. The molecule has 0 amide bonds. The molecule has 0 aliphatic rings. The summed E-state index contributed by atoms with van der Waals surface area (Å²) in [6, 6.07) is 16.1. The monoisotopic (exact) mass is 286 g/mol. The minimum Gasteiger partial charge on any atom is -0.496 e. The van der Waals surface area contributed by atoms with E-state index in [1.54, 1.807) is 7.11 Å². The Hall–Kier alpha value is -2.00. The van der Waals surface area contributed by atoms with Gasteiger partial charge < -0.3 is 9.30 Å². The zero-order valence-electron chi connectivity index (χ0n) is 11.2. The van der Waals surface area contributed by atoms with Crippen LogP contribution in [0.5, 0.6) is 5.75 Å². The summed E-state index contributed by atoms with van der Waals surface area (Å²) in [5.41, 5.74) is 3.18. The van der Waals surface area contributed by atoms with Gasteiger partial charge in [-0.1, -0.05) is 30.3 Å². The van der Waals surface area contributed by atoms with Crippen molar-refractivity contribution >= 4 is 22.6 Å². The van der Waals surface area contributed by atoms with Crippen molar-refractivity contribution in [3.63, 3.8) is 0 Å². The SMILES string of the molecule is COc1ccccc1Cn1c(CCl)nc2ccccc21. The molecule has 3 aromatic rings. The normalized spacial score (nSPS) is 10.9. The predicted octanol–water partition coefficient (Wildman–Crippen LogP) is 3.83. The van der Waals surface area contributed by atoms with E-state index in [-0.39, 0.29) is 0 Å². The second-order valence-electron chi connectivity index (χ2n) is 4.55. The number of benzene rings is 2. The van der Waals surface area contributed by atoms with Crippen molar-refractivity contribution in [1.82, 2.24) is 9.55 Å². The molecule has 0 bridgehead atoms. The van der Waals surface area contributed by atoms with Gasteiger partial charge >= 0.3 is 0 Å². The van der Waals surface area contributed by atoms with Gasteiger partial charge in [-0.2, -0.15) is 0 Å². The number of rotatable bonds is 4. The molecule has 1 aromatic heterocycles. The van der Waals surface area contributed by atoms with Crippen LogP contribution >= 0.6 is 11.6 Å². The fraction of sp³-hybridized carbons (Fsp3) is 0.188. The molecule has 0 N–H and O–H groups in total. The second kappa shape index (κ2) is 5.55. The van der Waals surface area contributed by atoms with Crippen LogP contribution in [0, 0.1) is 0 Å². The highest BCUT2D eigenvalue weighted by molar-refractivity contribution is 6.16. The van der Waals surface area contributed by atoms with Crippen molar-refractivity contribution in [2.75, 3.05) is 7.11 Å². The van der Waals surface area contributed by atoms with Crippen LogP contribution in [0.3, 0.4) is 0 Å². The number of nitrogens with zero attached hydrogens (tertiary/aromatic N) is 2. The Balaban J connectivity index is 2.10. The lowest BCUT2D eigenvalue weighted by atomic mass is 10.2. The maximum absolute atomic E-state index is 6.03. The van der Waals surface area contributed by atoms with E-state index in [1.807, 2.05) is 36.4 Å². The summed E-state index contributed by atoms with van der Waals surface area (Å²) < 4.78 is 7.55. The van der Waals surface area contributed by atoms with Crippen LogP contribution in [-0.4, -0.2) is 16.7 Å². The fourth-order valence-electron chi connectivity index (χ4n) is 2.41. The second-order valence-corrected chi connectivity index (χ2v) is 4.82. The van der Waals surface area contributed by atoms with E-state index in [2.05, 4.69) is 21.7 Å². The summed E-state index contributed by atoms with van der Waals surface area (Å²) in [6.45, 7) is 0.701. The van der Waals surface area contributed by atoms with Gasteiger partial charge in [0.15, 0.2) is 0 Å². The molecule has 1 heterocycles. The molecule has 4 heteroatoms. The van der Waals surface area contributed by atoms with Crippen LogP contribution in [0.25, 0.3) is 11.0 Å². The Labute approximate surface area is 122 Å². The number of hydrogen-bond donors (Lipinski definition) is 0. The number of hydrogen-bond acceptors (Lipinski definition) is 2. The van der Waals surface area contributed by atoms with E-state index < -0.39 is 0 Å². The quantitative estimate of drug-likeness (QED) is 0.682. The Morgan fingerprint density at radius 2 is 1.85 bits per heavy atom. The standard InChI is InChI=1S/C16H15ClN2O/c1-20-15-9-5-2-6-12(15)11-19-14-8-4-3-7-13(14)18-16(19)10-17/h2-9H,10-11H2,1H3. The molecule has 102 valence electrons. The van der Waals surface area contributed by atoms with E-state index >= 15 is 0 Å². The molecule has 3 nitrogen and oxygen atoms in total. The molecule has 0 aliphatic heterocycles. The number of alkyl halides is 1. The van der Waals surface area contributed by atoms with Gasteiger partial charge in [-0.15, -0.1) is 11.6 Å². The lowest BCUT2D eigenvalue weighted by Crippen LogP contribution is -2.05. The summed E-state index contributed by atoms with van der Waals surface area (Å²) in [5.74, 6) is 2.15. The first kappa shape index (κ1) is 13.0. The average molecular weight is 287 g/mol. The first-order chi connectivity index (χ1) is 9.83. The molecule has 0 saturated carbocycles. The van der Waals surface area contributed by atoms with Crippen LogP contribution in [0.15, 0.2) is 48.5 Å². The number of para-hydroxylation sites is 3. The molecule has 20 heavy (non-hydrogen) atoms. The number of aromatic nitrogens is 2. The molecule has 0 atom stereocenters. The summed E-state index contributed by atoms with van der Waals surface area (Å²) >= 11 is 6.03. The van der Waals surface area contributed by atoms with E-state index in [9.17, 15) is 0 Å². The maximum Gasteiger partial charge on any atom is 0.125 e. The van der Waals surface area contributed by atoms with Crippen LogP contribution in [0.4, 0.5) is 0 Å². The van der Waals surface area contributed by atoms with E-state index in [0.29, 0.717) is 12.4 Å². The Morgan fingerprint density at radius 1 is 1.10 bits per heavy atom. The summed E-state index contributed by atoms with van der Waals surface area (Å²) in [4.78, 5) is 4.57. The van der Waals surface area contributed by atoms with Crippen molar-refractivity contribution in [2.24, 2.45) is 0 Å². The topological polar surface area (TPSA) is 27.1 Å². The van der Waals surface area contributed by atoms with Gasteiger partial charge in [-0.25, -0.2) is 4.98 Å². The van der Waals surface area contributed by atoms with Crippen LogP contribution in [0.2, 0.25) is 0 Å². The predicted molar refractivity (Wildman–Crippen MR) is 81.4 cm³/mol. The van der Waals surface area contributed by atoms with Gasteiger partial charge in [-0.3, -0.25) is 0 Å². The van der Waals surface area contributed by atoms with Gasteiger partial charge in [0, 0.05) is 5.56 Å². The Morgan fingerprint density at radius 3 is 2.65 bits per heavy atom. The minimum absolute atomic E-state index is 0.393. The number of methoxy groups -OCH3 is 1. The number of ether oxygens (including phenoxy) is 1. The highest BCUT2D eigenvalue weighted by Gasteiger charge is 2.11. The van der Waals surface area contributed by atoms with E-state index in [4.69, 9.17) is 16.3 Å². The minimum atomic E-state index is 0.393. The van der Waals surface area contributed by atoms with Crippen molar-refractivity contribution in [3.8, 4) is 5.75 Å². The lowest BCUT2D eigenvalue weighted by molar-refractivity contribution is 0.408. The number of halogens is 1. The molecular weight excluding hydrogens is 272 g/mol. The van der Waals surface area contributed by atoms with Crippen LogP contribution in [0.1, 0.15) is 11.4 Å². The van der Waals surface area contributed by atoms with Crippen LogP contribution in [-0.2, 0) is 12.4 Å². The Kier molecular flexibility index (Phi) is 3.61. The highest BCUT2D eigenvalue weighted by atomic mass is 35.5. The third kappa shape index (κ3) is 2.25. The molecule has 0 radical (unpaired) electrons. The largest absolute Gasteiger partial charge is 0.496 e. The maximum atomic E-state index is 6.03. The number of imidazole rings is 1. The summed E-state index contributed by atoms with van der Waals surface area (Å²) in [6.07, 6.45) is 0. The van der Waals surface area contributed by atoms with Crippen molar-refractivity contribution in [3.05, 3.63) is 59.9 Å². The fourth-order valence-corrected chi connectivity index (χ4v) is 2.61. The Bertz CT molecular complexity index is 736. The van der Waals surface area contributed by atoms with Crippen LogP contribution < -0.4 is 4.74 Å². The molecule has 0 unspecified atom stereocenters. The molecule has 0 aliphatic carbocycles. The van der Waals surface area contributed by atoms with Crippen molar-refractivity contribution in [1.29, 1.82) is 0 Å². The third-order valence-corrected chi connectivity index (χ3v) is 3.61. The molecule has 0 saturated heterocycles. The molecule has 0 spiro atoms. The van der Waals surface area contributed by atoms with Gasteiger partial charge in [0.2, 0.25) is 0 Å².